The molecule has 80 valence electrons. The number of hydrogen-bond donors (Lipinski definition) is 1. The van der Waals surface area contributed by atoms with Gasteiger partial charge in [-0.2, -0.15) is 11.8 Å². The first-order valence-corrected chi connectivity index (χ1v) is 6.80. The zero-order chi connectivity index (χ0) is 10.1. The molecule has 0 aromatic carbocycles. The van der Waals surface area contributed by atoms with Gasteiger partial charge in [0.2, 0.25) is 0 Å². The Bertz CT molecular complexity index is 106. The van der Waals surface area contributed by atoms with Crippen LogP contribution in [-0.2, 0) is 0 Å². The van der Waals surface area contributed by atoms with Crippen molar-refractivity contribution in [3.63, 3.8) is 0 Å². The van der Waals surface area contributed by atoms with Crippen molar-refractivity contribution in [1.82, 2.24) is 0 Å². The lowest BCUT2D eigenvalue weighted by molar-refractivity contribution is 0.159. The molecule has 0 amide bonds. The van der Waals surface area contributed by atoms with Crippen molar-refractivity contribution in [2.75, 3.05) is 12.0 Å². The van der Waals surface area contributed by atoms with Crippen LogP contribution in [0.3, 0.4) is 0 Å². The molecule has 0 aliphatic carbocycles. The molecular formula is C11H24OS. The molecule has 0 saturated heterocycles. The van der Waals surface area contributed by atoms with E-state index in [1.807, 2.05) is 0 Å². The highest BCUT2D eigenvalue weighted by atomic mass is 32.2. The molecule has 0 aromatic rings. The maximum atomic E-state index is 9.63. The summed E-state index contributed by atoms with van der Waals surface area (Å²) in [6.45, 7) is 4.46. The van der Waals surface area contributed by atoms with E-state index < -0.39 is 0 Å². The Hall–Kier alpha value is 0.310. The van der Waals surface area contributed by atoms with Crippen molar-refractivity contribution >= 4 is 11.8 Å². The van der Waals surface area contributed by atoms with Crippen LogP contribution in [-0.4, -0.2) is 23.2 Å². The minimum Gasteiger partial charge on any atom is -0.392 e. The summed E-state index contributed by atoms with van der Waals surface area (Å²) in [6, 6.07) is 0. The molecule has 1 nitrogen and oxygen atoms in total. The van der Waals surface area contributed by atoms with Gasteiger partial charge in [0.25, 0.3) is 0 Å². The second kappa shape index (κ2) is 8.89. The van der Waals surface area contributed by atoms with E-state index in [4.69, 9.17) is 0 Å². The van der Waals surface area contributed by atoms with Crippen LogP contribution < -0.4 is 0 Å². The average Bonchev–Trinajstić information content (AvgIpc) is 2.12. The van der Waals surface area contributed by atoms with E-state index in [0.29, 0.717) is 0 Å². The van der Waals surface area contributed by atoms with Gasteiger partial charge in [0.1, 0.15) is 0 Å². The Labute approximate surface area is 87.3 Å². The second-order valence-electron chi connectivity index (χ2n) is 3.76. The summed E-state index contributed by atoms with van der Waals surface area (Å²) < 4.78 is 0. The highest BCUT2D eigenvalue weighted by molar-refractivity contribution is 7.98. The molecule has 2 unspecified atom stereocenters. The summed E-state index contributed by atoms with van der Waals surface area (Å²) in [5, 5.41) is 9.63. The second-order valence-corrected chi connectivity index (χ2v) is 4.67. The largest absolute Gasteiger partial charge is 0.392 e. The molecule has 0 rings (SSSR count). The number of hydrogen-bond acceptors (Lipinski definition) is 2. The fraction of sp³-hybridized carbons (Fsp3) is 1.00. The third-order valence-corrected chi connectivity index (χ3v) is 3.23. The fourth-order valence-corrected chi connectivity index (χ4v) is 2.15. The SMILES string of the molecule is CCCCC(CC)CC(O)CSC. The molecule has 0 aliphatic heterocycles. The number of unbranched alkanes of at least 4 members (excludes halogenated alkanes) is 1. The van der Waals surface area contributed by atoms with Crippen LogP contribution in [0.25, 0.3) is 0 Å². The van der Waals surface area contributed by atoms with Crippen LogP contribution in [0.2, 0.25) is 0 Å². The van der Waals surface area contributed by atoms with Gasteiger partial charge in [-0.25, -0.2) is 0 Å². The Kier molecular flexibility index (Phi) is 9.10. The smallest absolute Gasteiger partial charge is 0.0633 e. The first-order chi connectivity index (χ1) is 6.24. The summed E-state index contributed by atoms with van der Waals surface area (Å²) in [6.07, 6.45) is 8.05. The minimum absolute atomic E-state index is 0.0863. The maximum Gasteiger partial charge on any atom is 0.0633 e. The Morgan fingerprint density at radius 2 is 2.00 bits per heavy atom. The predicted molar refractivity (Wildman–Crippen MR) is 62.3 cm³/mol. The third kappa shape index (κ3) is 7.39. The van der Waals surface area contributed by atoms with Crippen LogP contribution >= 0.6 is 11.8 Å². The van der Waals surface area contributed by atoms with Crippen molar-refractivity contribution in [1.29, 1.82) is 0 Å². The molecule has 1 N–H and O–H groups in total. The topological polar surface area (TPSA) is 20.2 Å². The number of aliphatic hydroxyl groups is 1. The molecule has 0 aromatic heterocycles. The lowest BCUT2D eigenvalue weighted by atomic mass is 9.94. The highest BCUT2D eigenvalue weighted by Crippen LogP contribution is 2.19. The molecule has 0 heterocycles. The normalized spacial score (nSPS) is 15.7. The van der Waals surface area contributed by atoms with Crippen LogP contribution in [0.5, 0.6) is 0 Å². The van der Waals surface area contributed by atoms with Gasteiger partial charge < -0.3 is 5.11 Å². The van der Waals surface area contributed by atoms with Gasteiger partial charge in [-0.05, 0) is 18.6 Å². The minimum atomic E-state index is -0.0863. The van der Waals surface area contributed by atoms with E-state index >= 15 is 0 Å². The average molecular weight is 204 g/mol. The molecule has 0 radical (unpaired) electrons. The van der Waals surface area contributed by atoms with Gasteiger partial charge in [0.15, 0.2) is 0 Å². The molecular weight excluding hydrogens is 180 g/mol. The van der Waals surface area contributed by atoms with Gasteiger partial charge in [-0.3, -0.25) is 0 Å². The first-order valence-electron chi connectivity index (χ1n) is 5.41. The Morgan fingerprint density at radius 3 is 2.46 bits per heavy atom. The first kappa shape index (κ1) is 13.3. The molecule has 0 spiro atoms. The van der Waals surface area contributed by atoms with Crippen molar-refractivity contribution in [2.24, 2.45) is 5.92 Å². The van der Waals surface area contributed by atoms with Crippen LogP contribution in [0, 0.1) is 5.92 Å². The number of thioether (sulfide) groups is 1. The van der Waals surface area contributed by atoms with Crippen molar-refractivity contribution in [3.05, 3.63) is 0 Å². The monoisotopic (exact) mass is 204 g/mol. The van der Waals surface area contributed by atoms with Gasteiger partial charge in [0.05, 0.1) is 6.10 Å². The van der Waals surface area contributed by atoms with E-state index in [2.05, 4.69) is 20.1 Å². The summed E-state index contributed by atoms with van der Waals surface area (Å²) in [5.41, 5.74) is 0. The zero-order valence-corrected chi connectivity index (χ0v) is 10.1. The third-order valence-electron chi connectivity index (χ3n) is 2.51. The standard InChI is InChI=1S/C11H24OS/c1-4-6-7-10(5-2)8-11(12)9-13-3/h10-12H,4-9H2,1-3H3. The van der Waals surface area contributed by atoms with E-state index in [9.17, 15) is 5.11 Å². The van der Waals surface area contributed by atoms with E-state index in [1.54, 1.807) is 11.8 Å². The highest BCUT2D eigenvalue weighted by Gasteiger charge is 2.11. The van der Waals surface area contributed by atoms with Gasteiger partial charge in [-0.15, -0.1) is 0 Å². The maximum absolute atomic E-state index is 9.63. The molecule has 0 bridgehead atoms. The summed E-state index contributed by atoms with van der Waals surface area (Å²) >= 11 is 1.74. The molecule has 2 heteroatoms. The lowest BCUT2D eigenvalue weighted by Crippen LogP contribution is -2.15. The van der Waals surface area contributed by atoms with Crippen molar-refractivity contribution in [3.8, 4) is 0 Å². The van der Waals surface area contributed by atoms with E-state index in [1.165, 1.54) is 25.7 Å². The lowest BCUT2D eigenvalue weighted by Gasteiger charge is -2.17. The Balaban J connectivity index is 3.56. The van der Waals surface area contributed by atoms with Crippen LogP contribution in [0.1, 0.15) is 46.0 Å². The van der Waals surface area contributed by atoms with Gasteiger partial charge >= 0.3 is 0 Å². The predicted octanol–water partition coefficient (Wildman–Crippen LogP) is 3.32. The summed E-state index contributed by atoms with van der Waals surface area (Å²) in [7, 11) is 0. The van der Waals surface area contributed by atoms with Crippen LogP contribution in [0.4, 0.5) is 0 Å². The molecule has 2 atom stereocenters. The molecule has 0 saturated carbocycles. The summed E-state index contributed by atoms with van der Waals surface area (Å²) in [5.74, 6) is 1.63. The van der Waals surface area contributed by atoms with Crippen molar-refractivity contribution in [2.45, 2.75) is 52.1 Å². The Morgan fingerprint density at radius 1 is 1.31 bits per heavy atom. The molecule has 0 aliphatic rings. The van der Waals surface area contributed by atoms with Gasteiger partial charge in [0, 0.05) is 5.75 Å². The van der Waals surface area contributed by atoms with Gasteiger partial charge in [-0.1, -0.05) is 39.5 Å². The summed E-state index contributed by atoms with van der Waals surface area (Å²) in [4.78, 5) is 0. The van der Waals surface area contributed by atoms with E-state index in [0.717, 1.165) is 18.1 Å². The quantitative estimate of drug-likeness (QED) is 0.654. The molecule has 13 heavy (non-hydrogen) atoms. The van der Waals surface area contributed by atoms with Crippen LogP contribution in [0.15, 0.2) is 0 Å². The van der Waals surface area contributed by atoms with E-state index in [-0.39, 0.29) is 6.10 Å². The molecule has 0 fully saturated rings. The van der Waals surface area contributed by atoms with Crippen molar-refractivity contribution < 1.29 is 5.11 Å². The zero-order valence-electron chi connectivity index (χ0n) is 9.25. The fourth-order valence-electron chi connectivity index (χ4n) is 1.63. The number of aliphatic hydroxyl groups excluding tert-OH is 1. The number of rotatable bonds is 8.